The number of aryl methyl sites for hydroxylation is 1. The van der Waals surface area contributed by atoms with Crippen LogP contribution in [0, 0.1) is 6.92 Å². The largest absolute Gasteiger partial charge is 0.493 e. The second-order valence-corrected chi connectivity index (χ2v) is 18.1. The summed E-state index contributed by atoms with van der Waals surface area (Å²) in [6.07, 6.45) is 4.46. The molecule has 5 aromatic rings. The number of para-hydroxylation sites is 2. The zero-order valence-electron chi connectivity index (χ0n) is 40.1. The predicted molar refractivity (Wildman–Crippen MR) is 270 cm³/mol. The fourth-order valence-corrected chi connectivity index (χ4v) is 9.32. The second kappa shape index (κ2) is 21.3. The van der Waals surface area contributed by atoms with Crippen LogP contribution in [0.2, 0.25) is 0 Å². The van der Waals surface area contributed by atoms with Gasteiger partial charge in [0.05, 0.1) is 48.2 Å². The van der Waals surface area contributed by atoms with Crippen molar-refractivity contribution in [3.05, 3.63) is 130 Å². The standard InChI is InChI=1S/C55H53N7O10/c1-32-18-42-44(57-27-38-22-35-8-4-6-10-46(35)61(38)54(42)68)25-48(32)71-30-33-19-34(21-37(20-33)60-53(67)17-14-41(64)29-59-52(66)16-13-40(63)12-15-51(65)56-2)31-72-50-26-45-43(24-49(50)70-3)55(69)62-39(28-58-45)23-36-9-5-7-11-47(36)62/h4-11,18-21,24-28,38-39H,12-17,22-23,29-31H2,1-3H3,(H,56,65)(H,59,66)(H,60,67)/t38-,39-/m0/s1. The number of amides is 5. The van der Waals surface area contributed by atoms with Crippen molar-refractivity contribution >= 4 is 82.0 Å². The van der Waals surface area contributed by atoms with Gasteiger partial charge in [0.15, 0.2) is 17.3 Å². The van der Waals surface area contributed by atoms with Crippen LogP contribution >= 0.6 is 0 Å². The van der Waals surface area contributed by atoms with Crippen LogP contribution in [-0.4, -0.2) is 86.3 Å². The number of fused-ring (bicyclic) bond motifs is 8. The molecule has 0 aromatic heterocycles. The summed E-state index contributed by atoms with van der Waals surface area (Å²) in [6.45, 7) is 1.61. The highest BCUT2D eigenvalue weighted by molar-refractivity contribution is 6.16. The molecule has 9 rings (SSSR count). The quantitative estimate of drug-likeness (QED) is 0.0769. The van der Waals surface area contributed by atoms with Crippen molar-refractivity contribution in [1.29, 1.82) is 0 Å². The lowest BCUT2D eigenvalue weighted by atomic mass is 10.1. The minimum absolute atomic E-state index is 0.00100. The van der Waals surface area contributed by atoms with Gasteiger partial charge in [-0.15, -0.1) is 0 Å². The van der Waals surface area contributed by atoms with Gasteiger partial charge in [-0.05, 0) is 77.2 Å². The molecule has 2 atom stereocenters. The van der Waals surface area contributed by atoms with Gasteiger partial charge in [0.25, 0.3) is 11.8 Å². The first-order valence-corrected chi connectivity index (χ1v) is 23.8. The first kappa shape index (κ1) is 48.5. The summed E-state index contributed by atoms with van der Waals surface area (Å²) in [5.41, 5.74) is 8.08. The summed E-state index contributed by atoms with van der Waals surface area (Å²) in [4.78, 5) is 103. The zero-order chi connectivity index (χ0) is 50.5. The van der Waals surface area contributed by atoms with Crippen LogP contribution < -0.4 is 40.0 Å². The van der Waals surface area contributed by atoms with Crippen LogP contribution in [0.4, 0.5) is 28.4 Å². The molecule has 0 bridgehead atoms. The van der Waals surface area contributed by atoms with E-state index in [2.05, 4.69) is 16.0 Å². The Morgan fingerprint density at radius 3 is 1.74 bits per heavy atom. The lowest BCUT2D eigenvalue weighted by molar-refractivity contribution is -0.128. The molecular weight excluding hydrogens is 919 g/mol. The normalized spacial score (nSPS) is 15.7. The number of nitrogens with one attached hydrogen (secondary N) is 3. The molecule has 0 unspecified atom stereocenters. The molecule has 5 amide bonds. The van der Waals surface area contributed by atoms with Crippen LogP contribution in [-0.2, 0) is 50.0 Å². The first-order valence-electron chi connectivity index (χ1n) is 23.8. The first-order chi connectivity index (χ1) is 34.8. The van der Waals surface area contributed by atoms with Crippen molar-refractivity contribution in [2.24, 2.45) is 9.98 Å². The van der Waals surface area contributed by atoms with Gasteiger partial charge in [0, 0.05) is 100 Å². The Hall–Kier alpha value is -8.47. The second-order valence-electron chi connectivity index (χ2n) is 18.1. The summed E-state index contributed by atoms with van der Waals surface area (Å²) in [6, 6.07) is 27.5. The molecule has 0 saturated carbocycles. The van der Waals surface area contributed by atoms with E-state index in [4.69, 9.17) is 24.2 Å². The van der Waals surface area contributed by atoms with E-state index >= 15 is 0 Å². The Morgan fingerprint density at radius 1 is 0.611 bits per heavy atom. The molecule has 4 aliphatic heterocycles. The maximum absolute atomic E-state index is 14.0. The van der Waals surface area contributed by atoms with Gasteiger partial charge in [0.1, 0.15) is 24.7 Å². The molecule has 0 spiro atoms. The minimum Gasteiger partial charge on any atom is -0.493 e. The van der Waals surface area contributed by atoms with E-state index in [0.717, 1.165) is 28.1 Å². The number of aliphatic imine (C=N–C) groups is 2. The number of carbonyl (C=O) groups is 7. The van der Waals surface area contributed by atoms with E-state index in [-0.39, 0.29) is 99.7 Å². The Balaban J connectivity index is 0.893. The highest BCUT2D eigenvalue weighted by atomic mass is 16.5. The molecule has 3 N–H and O–H groups in total. The molecular formula is C55H53N7O10. The number of hydrogen-bond donors (Lipinski definition) is 3. The fraction of sp³-hybridized carbons (Fsp3) is 0.291. The summed E-state index contributed by atoms with van der Waals surface area (Å²) >= 11 is 0. The van der Waals surface area contributed by atoms with Gasteiger partial charge in [-0.25, -0.2) is 0 Å². The number of Topliss-reactive ketones (excluding diaryl/α,β-unsaturated/α-hetero) is 2. The summed E-state index contributed by atoms with van der Waals surface area (Å²) in [5.74, 6) is -0.972. The highest BCUT2D eigenvalue weighted by Gasteiger charge is 2.38. The van der Waals surface area contributed by atoms with E-state index in [1.165, 1.54) is 14.2 Å². The molecule has 17 nitrogen and oxygen atoms in total. The number of hydrogen-bond acceptors (Lipinski definition) is 12. The van der Waals surface area contributed by atoms with Crippen molar-refractivity contribution in [2.75, 3.05) is 35.8 Å². The molecule has 17 heteroatoms. The summed E-state index contributed by atoms with van der Waals surface area (Å²) in [5, 5.41) is 7.82. The Bertz CT molecular complexity index is 3090. The molecule has 368 valence electrons. The van der Waals surface area contributed by atoms with E-state index in [0.29, 0.717) is 69.4 Å². The van der Waals surface area contributed by atoms with Crippen LogP contribution in [0.1, 0.15) is 87.1 Å². The average molecular weight is 972 g/mol. The number of rotatable bonds is 19. The summed E-state index contributed by atoms with van der Waals surface area (Å²) < 4.78 is 18.5. The van der Waals surface area contributed by atoms with E-state index in [1.54, 1.807) is 58.6 Å². The van der Waals surface area contributed by atoms with Crippen molar-refractivity contribution in [3.63, 3.8) is 0 Å². The molecule has 0 aliphatic carbocycles. The van der Waals surface area contributed by atoms with E-state index in [1.807, 2.05) is 61.5 Å². The third kappa shape index (κ3) is 10.6. The molecule has 4 heterocycles. The number of ketones is 2. The van der Waals surface area contributed by atoms with Crippen LogP contribution in [0.5, 0.6) is 17.2 Å². The molecule has 0 saturated heterocycles. The van der Waals surface area contributed by atoms with Crippen molar-refractivity contribution in [3.8, 4) is 17.2 Å². The maximum atomic E-state index is 14.0. The van der Waals surface area contributed by atoms with Crippen LogP contribution in [0.3, 0.4) is 0 Å². The van der Waals surface area contributed by atoms with Gasteiger partial charge in [0.2, 0.25) is 17.7 Å². The average Bonchev–Trinajstić information content (AvgIpc) is 3.88. The third-order valence-electron chi connectivity index (χ3n) is 13.0. The number of methoxy groups -OCH3 is 1. The summed E-state index contributed by atoms with van der Waals surface area (Å²) in [7, 11) is 2.97. The van der Waals surface area contributed by atoms with Crippen LogP contribution in [0.15, 0.2) is 101 Å². The molecule has 72 heavy (non-hydrogen) atoms. The zero-order valence-corrected chi connectivity index (χ0v) is 40.1. The Kier molecular flexibility index (Phi) is 14.3. The smallest absolute Gasteiger partial charge is 0.261 e. The van der Waals surface area contributed by atoms with Gasteiger partial charge in [-0.1, -0.05) is 36.4 Å². The fourth-order valence-electron chi connectivity index (χ4n) is 9.32. The van der Waals surface area contributed by atoms with Gasteiger partial charge >= 0.3 is 0 Å². The van der Waals surface area contributed by atoms with Crippen molar-refractivity contribution < 1.29 is 47.8 Å². The van der Waals surface area contributed by atoms with Gasteiger partial charge in [-0.2, -0.15) is 0 Å². The number of ether oxygens (including phenoxy) is 3. The molecule has 0 fully saturated rings. The monoisotopic (exact) mass is 971 g/mol. The van der Waals surface area contributed by atoms with Crippen molar-refractivity contribution in [2.45, 2.75) is 83.6 Å². The molecule has 5 aromatic carbocycles. The number of anilines is 3. The Morgan fingerprint density at radius 2 is 1.14 bits per heavy atom. The third-order valence-corrected chi connectivity index (χ3v) is 13.0. The number of benzene rings is 5. The molecule has 0 radical (unpaired) electrons. The van der Waals surface area contributed by atoms with E-state index in [9.17, 15) is 33.6 Å². The number of nitrogens with zero attached hydrogens (tertiary/aromatic N) is 4. The molecule has 4 aliphatic rings. The Labute approximate surface area is 415 Å². The maximum Gasteiger partial charge on any atom is 0.261 e. The van der Waals surface area contributed by atoms with Gasteiger partial charge in [-0.3, -0.25) is 53.3 Å². The highest BCUT2D eigenvalue weighted by Crippen LogP contribution is 2.42. The van der Waals surface area contributed by atoms with Crippen LogP contribution in [0.25, 0.3) is 0 Å². The van der Waals surface area contributed by atoms with Gasteiger partial charge < -0.3 is 30.2 Å². The topological polar surface area (TPSA) is 214 Å². The van der Waals surface area contributed by atoms with Crippen molar-refractivity contribution in [1.82, 2.24) is 10.6 Å². The SMILES string of the molecule is CNC(=O)CCC(=O)CCC(=O)NCC(=O)CCC(=O)Nc1cc(COc2cc3c(cc2C)C(=O)N2c4ccccc4C[C@H]2C=N3)cc(COc2cc3c(cc2OC)C(=O)N2c4ccccc4C[C@H]2C=N3)c1. The minimum atomic E-state index is -0.486. The predicted octanol–water partition coefficient (Wildman–Crippen LogP) is 7.02. The lowest BCUT2D eigenvalue weighted by Gasteiger charge is -2.22. The lowest BCUT2D eigenvalue weighted by Crippen LogP contribution is -2.37. The van der Waals surface area contributed by atoms with E-state index < -0.39 is 11.8 Å². The number of carbonyl (C=O) groups excluding carboxylic acids is 7.